The number of nitrogens with two attached hydrogens (primary N) is 3. The van der Waals surface area contributed by atoms with Crippen LogP contribution >= 0.6 is 47.5 Å². The summed E-state index contributed by atoms with van der Waals surface area (Å²) in [6, 6.07) is 4.22. The number of anilines is 2. The van der Waals surface area contributed by atoms with Gasteiger partial charge in [0.1, 0.15) is 0 Å². The van der Waals surface area contributed by atoms with Crippen molar-refractivity contribution >= 4 is 59.4 Å². The highest BCUT2D eigenvalue weighted by Crippen LogP contribution is 2.08. The van der Waals surface area contributed by atoms with E-state index in [2.05, 4.69) is 74.9 Å². The quantitative estimate of drug-likeness (QED) is 0.170. The molecule has 0 amide bonds. The SMILES string of the molecule is C#CCc1cnc(N)[nH]1.Cl.Cl.NCCc1ccsc1.Nc1ncc(Cc2nnn(CCc3ccsc3)n2)[nH]1. The number of hydrogen-bond donors (Lipinski definition) is 5. The number of halogens is 2. The first-order chi connectivity index (χ1) is 17.6. The molecule has 8 N–H and O–H groups in total. The van der Waals surface area contributed by atoms with E-state index < -0.39 is 0 Å². The monoisotopic (exact) mass is 595 g/mol. The number of imidazole rings is 2. The van der Waals surface area contributed by atoms with Gasteiger partial charge in [0.25, 0.3) is 0 Å². The van der Waals surface area contributed by atoms with Crippen LogP contribution in [0.25, 0.3) is 0 Å². The summed E-state index contributed by atoms with van der Waals surface area (Å²) in [5.74, 6) is 3.95. The molecule has 0 aliphatic rings. The van der Waals surface area contributed by atoms with Crippen molar-refractivity contribution in [2.24, 2.45) is 5.73 Å². The van der Waals surface area contributed by atoms with E-state index in [0.717, 1.165) is 37.3 Å². The Balaban J connectivity index is 0.000000320. The molecule has 0 bridgehead atoms. The smallest absolute Gasteiger partial charge is 0.197 e. The Labute approximate surface area is 241 Å². The van der Waals surface area contributed by atoms with Crippen LogP contribution < -0.4 is 17.2 Å². The molecule has 38 heavy (non-hydrogen) atoms. The fourth-order valence-corrected chi connectivity index (χ4v) is 4.33. The van der Waals surface area contributed by atoms with Crippen LogP contribution in [0.5, 0.6) is 0 Å². The summed E-state index contributed by atoms with van der Waals surface area (Å²) in [5.41, 5.74) is 20.5. The van der Waals surface area contributed by atoms with Gasteiger partial charge in [-0.2, -0.15) is 27.5 Å². The van der Waals surface area contributed by atoms with Crippen molar-refractivity contribution < 1.29 is 0 Å². The molecule has 0 spiro atoms. The molecular formula is C23H31Cl2N11S2. The second-order valence-corrected chi connectivity index (χ2v) is 9.06. The van der Waals surface area contributed by atoms with E-state index >= 15 is 0 Å². The fourth-order valence-electron chi connectivity index (χ4n) is 2.92. The second-order valence-electron chi connectivity index (χ2n) is 7.50. The van der Waals surface area contributed by atoms with E-state index in [1.54, 1.807) is 39.9 Å². The minimum absolute atomic E-state index is 0. The number of thiophene rings is 2. The van der Waals surface area contributed by atoms with E-state index in [0.29, 0.717) is 30.6 Å². The zero-order chi connectivity index (χ0) is 25.6. The summed E-state index contributed by atoms with van der Waals surface area (Å²) in [6.07, 6.45) is 11.4. The van der Waals surface area contributed by atoms with Crippen molar-refractivity contribution in [2.75, 3.05) is 18.0 Å². The van der Waals surface area contributed by atoms with E-state index in [1.807, 2.05) is 0 Å². The molecule has 0 aromatic carbocycles. The molecule has 5 heterocycles. The molecule has 5 aromatic heterocycles. The third-order valence-corrected chi connectivity index (χ3v) is 6.09. The van der Waals surface area contributed by atoms with Crippen LogP contribution in [-0.2, 0) is 32.2 Å². The Bertz CT molecular complexity index is 1310. The molecule has 0 aliphatic carbocycles. The van der Waals surface area contributed by atoms with E-state index in [-0.39, 0.29) is 24.8 Å². The molecule has 0 aliphatic heterocycles. The zero-order valence-electron chi connectivity index (χ0n) is 20.5. The summed E-state index contributed by atoms with van der Waals surface area (Å²) in [5, 5.41) is 20.8. The normalized spacial score (nSPS) is 9.58. The molecule has 5 aromatic rings. The first-order valence-electron chi connectivity index (χ1n) is 11.1. The number of terminal acetylenes is 1. The number of hydrogen-bond acceptors (Lipinski definition) is 10. The van der Waals surface area contributed by atoms with Gasteiger partial charge in [-0.3, -0.25) is 0 Å². The van der Waals surface area contributed by atoms with Crippen molar-refractivity contribution in [2.45, 2.75) is 32.2 Å². The van der Waals surface area contributed by atoms with Crippen LogP contribution in [0.15, 0.2) is 46.0 Å². The minimum atomic E-state index is 0. The lowest BCUT2D eigenvalue weighted by Crippen LogP contribution is -2.05. The Morgan fingerprint density at radius 3 is 2.03 bits per heavy atom. The van der Waals surface area contributed by atoms with Gasteiger partial charge in [-0.05, 0) is 69.4 Å². The minimum Gasteiger partial charge on any atom is -0.369 e. The molecule has 5 rings (SSSR count). The highest BCUT2D eigenvalue weighted by molar-refractivity contribution is 7.08. The molecule has 0 fully saturated rings. The molecule has 0 radical (unpaired) electrons. The third-order valence-electron chi connectivity index (χ3n) is 4.63. The average molecular weight is 597 g/mol. The molecule has 0 atom stereocenters. The highest BCUT2D eigenvalue weighted by atomic mass is 35.5. The number of rotatable bonds is 8. The summed E-state index contributed by atoms with van der Waals surface area (Å²) in [4.78, 5) is 15.1. The van der Waals surface area contributed by atoms with Crippen LogP contribution in [0.3, 0.4) is 0 Å². The first-order valence-corrected chi connectivity index (χ1v) is 12.9. The van der Waals surface area contributed by atoms with Gasteiger partial charge in [0.2, 0.25) is 0 Å². The fraction of sp³-hybridized carbons (Fsp3) is 0.261. The Kier molecular flexibility index (Phi) is 15.4. The molecule has 204 valence electrons. The van der Waals surface area contributed by atoms with Crippen molar-refractivity contribution in [3.05, 3.63) is 74.4 Å². The van der Waals surface area contributed by atoms with Crippen LogP contribution in [-0.4, -0.2) is 46.7 Å². The van der Waals surface area contributed by atoms with Gasteiger partial charge in [0.15, 0.2) is 17.7 Å². The predicted molar refractivity (Wildman–Crippen MR) is 159 cm³/mol. The van der Waals surface area contributed by atoms with Gasteiger partial charge in [-0.15, -0.1) is 47.4 Å². The molecule has 15 heteroatoms. The molecule has 0 unspecified atom stereocenters. The topological polar surface area (TPSA) is 179 Å². The number of tetrazole rings is 1. The number of nitrogens with one attached hydrogen (secondary N) is 2. The van der Waals surface area contributed by atoms with Gasteiger partial charge < -0.3 is 27.2 Å². The van der Waals surface area contributed by atoms with Gasteiger partial charge in [0, 0.05) is 11.4 Å². The van der Waals surface area contributed by atoms with E-state index in [9.17, 15) is 0 Å². The van der Waals surface area contributed by atoms with Crippen molar-refractivity contribution in [3.63, 3.8) is 0 Å². The lowest BCUT2D eigenvalue weighted by atomic mass is 10.2. The highest BCUT2D eigenvalue weighted by Gasteiger charge is 2.06. The van der Waals surface area contributed by atoms with Crippen LogP contribution in [0.1, 0.15) is 28.3 Å². The summed E-state index contributed by atoms with van der Waals surface area (Å²) >= 11 is 3.42. The number of H-pyrrole nitrogens is 2. The largest absolute Gasteiger partial charge is 0.369 e. The average Bonchev–Trinajstić information content (AvgIpc) is 3.68. The van der Waals surface area contributed by atoms with Crippen LogP contribution in [0.4, 0.5) is 11.9 Å². The van der Waals surface area contributed by atoms with Gasteiger partial charge in [-0.1, -0.05) is 0 Å². The number of nitrogen functional groups attached to an aromatic ring is 2. The van der Waals surface area contributed by atoms with Crippen molar-refractivity contribution in [1.29, 1.82) is 0 Å². The third kappa shape index (κ3) is 11.8. The number of aromatic nitrogens is 8. The number of aromatic amines is 2. The van der Waals surface area contributed by atoms with Crippen molar-refractivity contribution in [1.82, 2.24) is 40.1 Å². The zero-order valence-corrected chi connectivity index (χ0v) is 23.8. The summed E-state index contributed by atoms with van der Waals surface area (Å²) in [7, 11) is 0. The number of nitrogens with zero attached hydrogens (tertiary/aromatic N) is 6. The van der Waals surface area contributed by atoms with Gasteiger partial charge in [0.05, 0.1) is 31.8 Å². The first kappa shape index (κ1) is 32.6. The van der Waals surface area contributed by atoms with Crippen LogP contribution in [0.2, 0.25) is 0 Å². The standard InChI is InChI=1S/C11H13N7S.C6H7N3.C6H9NS.2ClH/c12-11-13-6-9(14-11)5-10-15-17-18(16-10)3-1-8-2-4-19-7-8;1-2-3-5-4-8-6(7)9-5;7-3-1-6-2-4-8-5-6;;/h2,4,6-7H,1,3,5H2,(H3,12,13,14);1,4H,3H2,(H3,7,8,9);2,4-5H,1,3,7H2;2*1H. The maximum Gasteiger partial charge on any atom is 0.197 e. The Morgan fingerprint density at radius 2 is 1.53 bits per heavy atom. The van der Waals surface area contributed by atoms with Gasteiger partial charge >= 0.3 is 0 Å². The van der Waals surface area contributed by atoms with Gasteiger partial charge in [-0.25, -0.2) is 9.97 Å². The van der Waals surface area contributed by atoms with E-state index in [4.69, 9.17) is 23.6 Å². The Morgan fingerprint density at radius 1 is 0.921 bits per heavy atom. The summed E-state index contributed by atoms with van der Waals surface area (Å²) < 4.78 is 0. The lowest BCUT2D eigenvalue weighted by Gasteiger charge is -1.96. The Hall–Kier alpha value is -3.41. The molecule has 0 saturated carbocycles. The van der Waals surface area contributed by atoms with Crippen LogP contribution in [0, 0.1) is 12.3 Å². The molecule has 0 saturated heterocycles. The predicted octanol–water partition coefficient (Wildman–Crippen LogP) is 3.13. The molecule has 11 nitrogen and oxygen atoms in total. The van der Waals surface area contributed by atoms with E-state index in [1.165, 1.54) is 11.1 Å². The molecular weight excluding hydrogens is 565 g/mol. The maximum atomic E-state index is 5.51. The summed E-state index contributed by atoms with van der Waals surface area (Å²) in [6.45, 7) is 1.49. The maximum absolute atomic E-state index is 5.51. The number of aryl methyl sites for hydroxylation is 2. The van der Waals surface area contributed by atoms with Crippen molar-refractivity contribution in [3.8, 4) is 12.3 Å². The lowest BCUT2D eigenvalue weighted by molar-refractivity contribution is 0.521. The second kappa shape index (κ2) is 17.9.